The fourth-order valence-corrected chi connectivity index (χ4v) is 0.912. The van der Waals surface area contributed by atoms with Crippen LogP contribution in [0.15, 0.2) is 0 Å². The lowest BCUT2D eigenvalue weighted by Crippen LogP contribution is -2.32. The van der Waals surface area contributed by atoms with Gasteiger partial charge in [-0.3, -0.25) is 4.79 Å². The monoisotopic (exact) mass is 142 g/mol. The van der Waals surface area contributed by atoms with E-state index in [0.29, 0.717) is 6.04 Å². The van der Waals surface area contributed by atoms with Gasteiger partial charge in [0.2, 0.25) is 5.91 Å². The molecule has 1 amide bonds. The van der Waals surface area contributed by atoms with Crippen LogP contribution in [0.25, 0.3) is 0 Å². The number of nitrogens with one attached hydrogen (secondary N) is 1. The molecule has 0 saturated carbocycles. The molecule has 0 saturated heterocycles. The third kappa shape index (κ3) is 4.36. The topological polar surface area (TPSA) is 29.1 Å². The van der Waals surface area contributed by atoms with E-state index >= 15 is 0 Å². The summed E-state index contributed by atoms with van der Waals surface area (Å²) in [7, 11) is 0. The van der Waals surface area contributed by atoms with Gasteiger partial charge in [-0.15, -0.1) is 0 Å². The second kappa shape index (κ2) is 5.27. The van der Waals surface area contributed by atoms with Gasteiger partial charge in [-0.25, -0.2) is 0 Å². The minimum absolute atomic E-state index is 0.0558. The van der Waals surface area contributed by atoms with E-state index in [4.69, 9.17) is 0 Å². The highest BCUT2D eigenvalue weighted by molar-refractivity contribution is 5.73. The van der Waals surface area contributed by atoms with E-state index < -0.39 is 0 Å². The molecule has 0 heterocycles. The van der Waals surface area contributed by atoms with Crippen LogP contribution < -0.4 is 5.32 Å². The molecular weight excluding hydrogens is 126 g/mol. The molecular formula is C8H16NO. The van der Waals surface area contributed by atoms with E-state index in [2.05, 4.69) is 19.2 Å². The van der Waals surface area contributed by atoms with Crippen LogP contribution in [0.4, 0.5) is 0 Å². The van der Waals surface area contributed by atoms with Crippen molar-refractivity contribution in [1.29, 1.82) is 0 Å². The standard InChI is InChI=1S/C8H16NO/c1-4-6-8(5-2)9-7(3)10/h8H,1,4-6H2,2-3H3,(H,9,10). The molecule has 0 fully saturated rings. The van der Waals surface area contributed by atoms with E-state index in [1.165, 1.54) is 0 Å². The third-order valence-electron chi connectivity index (χ3n) is 1.45. The zero-order valence-electron chi connectivity index (χ0n) is 6.81. The van der Waals surface area contributed by atoms with Gasteiger partial charge in [-0.05, 0) is 12.8 Å². The number of hydrogen-bond donors (Lipinski definition) is 1. The number of hydrogen-bond acceptors (Lipinski definition) is 1. The molecule has 0 aromatic heterocycles. The summed E-state index contributed by atoms with van der Waals surface area (Å²) in [5.74, 6) is 0.0558. The van der Waals surface area contributed by atoms with Crippen molar-refractivity contribution in [2.45, 2.75) is 39.2 Å². The Morgan fingerprint density at radius 2 is 2.30 bits per heavy atom. The molecule has 0 bridgehead atoms. The van der Waals surface area contributed by atoms with Crippen molar-refractivity contribution in [2.24, 2.45) is 0 Å². The van der Waals surface area contributed by atoms with Gasteiger partial charge in [0, 0.05) is 13.0 Å². The molecule has 0 aliphatic carbocycles. The Labute approximate surface area is 63.0 Å². The first-order chi connectivity index (χ1) is 4.70. The number of amides is 1. The van der Waals surface area contributed by atoms with Crippen LogP contribution in [0.2, 0.25) is 0 Å². The summed E-state index contributed by atoms with van der Waals surface area (Å²) in [5.41, 5.74) is 0. The van der Waals surface area contributed by atoms with Crippen LogP contribution >= 0.6 is 0 Å². The largest absolute Gasteiger partial charge is 0.354 e. The van der Waals surface area contributed by atoms with E-state index in [9.17, 15) is 4.79 Å². The van der Waals surface area contributed by atoms with Crippen LogP contribution in [0.5, 0.6) is 0 Å². The van der Waals surface area contributed by atoms with Crippen molar-refractivity contribution in [1.82, 2.24) is 5.32 Å². The Hall–Kier alpha value is -0.530. The quantitative estimate of drug-likeness (QED) is 0.633. The first-order valence-electron chi connectivity index (χ1n) is 3.77. The molecule has 0 aromatic carbocycles. The highest BCUT2D eigenvalue weighted by atomic mass is 16.1. The maximum Gasteiger partial charge on any atom is 0.217 e. The second-order valence-electron chi connectivity index (χ2n) is 2.45. The van der Waals surface area contributed by atoms with Gasteiger partial charge in [0.15, 0.2) is 0 Å². The average molecular weight is 142 g/mol. The molecule has 0 rings (SSSR count). The van der Waals surface area contributed by atoms with Crippen molar-refractivity contribution in [3.05, 3.63) is 6.92 Å². The van der Waals surface area contributed by atoms with Crippen molar-refractivity contribution in [2.75, 3.05) is 0 Å². The first-order valence-corrected chi connectivity index (χ1v) is 3.77. The van der Waals surface area contributed by atoms with Gasteiger partial charge in [0.05, 0.1) is 0 Å². The highest BCUT2D eigenvalue weighted by Gasteiger charge is 2.04. The fraction of sp³-hybridized carbons (Fsp3) is 0.750. The summed E-state index contributed by atoms with van der Waals surface area (Å²) in [6.45, 7) is 7.34. The minimum Gasteiger partial charge on any atom is -0.354 e. The number of carbonyl (C=O) groups excluding carboxylic acids is 1. The Morgan fingerprint density at radius 3 is 2.60 bits per heavy atom. The average Bonchev–Trinajstić information content (AvgIpc) is 1.86. The molecule has 0 aliphatic rings. The third-order valence-corrected chi connectivity index (χ3v) is 1.45. The summed E-state index contributed by atoms with van der Waals surface area (Å²) < 4.78 is 0. The summed E-state index contributed by atoms with van der Waals surface area (Å²) in [6.07, 6.45) is 2.87. The molecule has 59 valence electrons. The van der Waals surface area contributed by atoms with Gasteiger partial charge in [-0.1, -0.05) is 20.3 Å². The molecule has 2 nitrogen and oxygen atoms in total. The molecule has 0 aliphatic heterocycles. The van der Waals surface area contributed by atoms with Crippen molar-refractivity contribution >= 4 is 5.91 Å². The summed E-state index contributed by atoms with van der Waals surface area (Å²) in [5, 5.41) is 2.85. The van der Waals surface area contributed by atoms with Gasteiger partial charge in [0.25, 0.3) is 0 Å². The van der Waals surface area contributed by atoms with E-state index in [-0.39, 0.29) is 5.91 Å². The van der Waals surface area contributed by atoms with Crippen LogP contribution in [-0.4, -0.2) is 11.9 Å². The maximum atomic E-state index is 10.6. The molecule has 1 unspecified atom stereocenters. The molecule has 1 atom stereocenters. The Kier molecular flexibility index (Phi) is 4.99. The van der Waals surface area contributed by atoms with Crippen molar-refractivity contribution < 1.29 is 4.79 Å². The zero-order valence-corrected chi connectivity index (χ0v) is 6.81. The Bertz CT molecular complexity index is 101. The molecule has 2 heteroatoms. The Balaban J connectivity index is 3.49. The van der Waals surface area contributed by atoms with Crippen LogP contribution in [-0.2, 0) is 4.79 Å². The molecule has 1 radical (unpaired) electrons. The SMILES string of the molecule is [CH2]CCC(CC)NC(C)=O. The first kappa shape index (κ1) is 9.47. The Morgan fingerprint density at radius 1 is 1.70 bits per heavy atom. The lowest BCUT2D eigenvalue weighted by atomic mass is 10.1. The van der Waals surface area contributed by atoms with E-state index in [1.807, 2.05) is 0 Å². The number of rotatable bonds is 4. The van der Waals surface area contributed by atoms with E-state index in [0.717, 1.165) is 19.3 Å². The second-order valence-corrected chi connectivity index (χ2v) is 2.45. The predicted molar refractivity (Wildman–Crippen MR) is 42.5 cm³/mol. The van der Waals surface area contributed by atoms with Gasteiger partial charge in [0.1, 0.15) is 0 Å². The van der Waals surface area contributed by atoms with Gasteiger partial charge >= 0.3 is 0 Å². The normalized spacial score (nSPS) is 12.7. The fourth-order valence-electron chi connectivity index (χ4n) is 0.912. The maximum absolute atomic E-state index is 10.6. The van der Waals surface area contributed by atoms with Crippen LogP contribution in [0.3, 0.4) is 0 Å². The highest BCUT2D eigenvalue weighted by Crippen LogP contribution is 1.99. The predicted octanol–water partition coefficient (Wildman–Crippen LogP) is 1.52. The smallest absolute Gasteiger partial charge is 0.217 e. The number of carbonyl (C=O) groups is 1. The summed E-state index contributed by atoms with van der Waals surface area (Å²) >= 11 is 0. The van der Waals surface area contributed by atoms with Crippen LogP contribution in [0, 0.1) is 6.92 Å². The van der Waals surface area contributed by atoms with E-state index in [1.54, 1.807) is 6.92 Å². The summed E-state index contributed by atoms with van der Waals surface area (Å²) in [4.78, 5) is 10.6. The van der Waals surface area contributed by atoms with Crippen molar-refractivity contribution in [3.8, 4) is 0 Å². The molecule has 0 spiro atoms. The summed E-state index contributed by atoms with van der Waals surface area (Å²) in [6, 6.07) is 0.329. The van der Waals surface area contributed by atoms with Gasteiger partial charge < -0.3 is 5.32 Å². The lowest BCUT2D eigenvalue weighted by Gasteiger charge is -2.13. The molecule has 10 heavy (non-hydrogen) atoms. The van der Waals surface area contributed by atoms with Crippen LogP contribution in [0.1, 0.15) is 33.1 Å². The van der Waals surface area contributed by atoms with Gasteiger partial charge in [-0.2, -0.15) is 0 Å². The molecule has 1 N–H and O–H groups in total. The zero-order chi connectivity index (χ0) is 7.98. The molecule has 0 aromatic rings. The van der Waals surface area contributed by atoms with Crippen molar-refractivity contribution in [3.63, 3.8) is 0 Å². The lowest BCUT2D eigenvalue weighted by molar-refractivity contribution is -0.119. The minimum atomic E-state index is 0.0558.